The molecule has 3 aliphatic rings. The molecule has 0 radical (unpaired) electrons. The molecule has 0 aromatic rings. The normalized spacial score (nSPS) is 48.5. The van der Waals surface area contributed by atoms with E-state index in [0.29, 0.717) is 11.3 Å². The van der Waals surface area contributed by atoms with E-state index in [4.69, 9.17) is 0 Å². The van der Waals surface area contributed by atoms with Crippen molar-refractivity contribution < 1.29 is 9.90 Å². The second-order valence-corrected chi connectivity index (χ2v) is 6.71. The van der Waals surface area contributed by atoms with Crippen molar-refractivity contribution in [1.29, 1.82) is 0 Å². The van der Waals surface area contributed by atoms with Gasteiger partial charge in [0.15, 0.2) is 0 Å². The van der Waals surface area contributed by atoms with Crippen molar-refractivity contribution >= 4 is 5.97 Å². The minimum Gasteiger partial charge on any atom is -0.478 e. The molecule has 2 nitrogen and oxygen atoms in total. The van der Waals surface area contributed by atoms with Gasteiger partial charge >= 0.3 is 5.97 Å². The molecular weight excluding hydrogens is 212 g/mol. The Labute approximate surface area is 103 Å². The lowest BCUT2D eigenvalue weighted by Crippen LogP contribution is -2.47. The van der Waals surface area contributed by atoms with Crippen LogP contribution in [0.5, 0.6) is 0 Å². The predicted octanol–water partition coefficient (Wildman–Crippen LogP) is 3.62. The molecule has 3 rings (SSSR count). The maximum absolute atomic E-state index is 11.4. The smallest absolute Gasteiger partial charge is 0.331 e. The molecule has 2 bridgehead atoms. The van der Waals surface area contributed by atoms with Gasteiger partial charge in [0, 0.05) is 5.57 Å². The van der Waals surface area contributed by atoms with Crippen LogP contribution in [0.4, 0.5) is 0 Å². The van der Waals surface area contributed by atoms with Crippen LogP contribution < -0.4 is 0 Å². The van der Waals surface area contributed by atoms with Crippen LogP contribution in [0.25, 0.3) is 0 Å². The Balaban J connectivity index is 2.10. The molecular formula is C15H22O2. The van der Waals surface area contributed by atoms with Crippen LogP contribution in [0, 0.1) is 22.7 Å². The second-order valence-electron chi connectivity index (χ2n) is 6.71. The van der Waals surface area contributed by atoms with Gasteiger partial charge in [-0.05, 0) is 48.3 Å². The maximum atomic E-state index is 11.4. The largest absolute Gasteiger partial charge is 0.478 e. The van der Waals surface area contributed by atoms with Gasteiger partial charge < -0.3 is 5.11 Å². The number of rotatable bonds is 1. The summed E-state index contributed by atoms with van der Waals surface area (Å²) in [5.41, 5.74) is 1.27. The highest BCUT2D eigenvalue weighted by Gasteiger charge is 2.59. The molecule has 0 aliphatic heterocycles. The number of allylic oxidation sites excluding steroid dienone is 1. The molecule has 4 atom stereocenters. The van der Waals surface area contributed by atoms with Crippen molar-refractivity contribution in [1.82, 2.24) is 0 Å². The van der Waals surface area contributed by atoms with Crippen LogP contribution in [0.1, 0.15) is 52.4 Å². The number of carbonyl (C=O) groups is 1. The summed E-state index contributed by atoms with van der Waals surface area (Å²) in [6.07, 6.45) is 9.38. The Morgan fingerprint density at radius 1 is 1.41 bits per heavy atom. The second kappa shape index (κ2) is 3.37. The molecule has 3 aliphatic carbocycles. The minimum atomic E-state index is -0.676. The van der Waals surface area contributed by atoms with Crippen molar-refractivity contribution in [3.05, 3.63) is 11.6 Å². The topological polar surface area (TPSA) is 37.3 Å². The van der Waals surface area contributed by atoms with Gasteiger partial charge in [0.1, 0.15) is 0 Å². The monoisotopic (exact) mass is 234 g/mol. The molecule has 94 valence electrons. The van der Waals surface area contributed by atoms with Crippen LogP contribution in [0.3, 0.4) is 0 Å². The molecule has 0 unspecified atom stereocenters. The molecule has 17 heavy (non-hydrogen) atoms. The lowest BCUT2D eigenvalue weighted by molar-refractivity contribution is -0.134. The van der Waals surface area contributed by atoms with Gasteiger partial charge in [-0.2, -0.15) is 0 Å². The Hall–Kier alpha value is -0.790. The lowest BCUT2D eigenvalue weighted by Gasteiger charge is -2.55. The van der Waals surface area contributed by atoms with Gasteiger partial charge in [-0.15, -0.1) is 0 Å². The van der Waals surface area contributed by atoms with Crippen molar-refractivity contribution in [3.8, 4) is 0 Å². The van der Waals surface area contributed by atoms with Gasteiger partial charge in [-0.1, -0.05) is 32.8 Å². The van der Waals surface area contributed by atoms with Crippen molar-refractivity contribution in [2.24, 2.45) is 22.7 Å². The maximum Gasteiger partial charge on any atom is 0.331 e. The summed E-state index contributed by atoms with van der Waals surface area (Å²) in [5, 5.41) is 9.36. The van der Waals surface area contributed by atoms with Crippen LogP contribution in [0.2, 0.25) is 0 Å². The molecule has 0 amide bonds. The average molecular weight is 234 g/mol. The molecule has 1 N–H and O–H groups in total. The Morgan fingerprint density at radius 2 is 2.18 bits per heavy atom. The standard InChI is InChI=1S/C15H22O2/c1-10-4-3-6-14(2)9-12(13(16)17)11-5-7-15(10,14)8-11/h9-11H,3-8H2,1-2H3,(H,16,17)/t10-,11-,14-,15+/m1/s1. The van der Waals surface area contributed by atoms with E-state index in [2.05, 4.69) is 19.9 Å². The fourth-order valence-corrected chi connectivity index (χ4v) is 5.08. The van der Waals surface area contributed by atoms with E-state index in [1.807, 2.05) is 0 Å². The molecule has 0 aromatic heterocycles. The van der Waals surface area contributed by atoms with Gasteiger partial charge in [-0.25, -0.2) is 4.79 Å². The third-order valence-corrected chi connectivity index (χ3v) is 6.12. The number of carboxylic acid groups (broad SMARTS) is 1. The first kappa shape index (κ1) is 11.3. The SMILES string of the molecule is C[C@@H]1CCC[C@]2(C)C=C(C(=O)O)[C@@H]3CC[C@]12C3. The average Bonchev–Trinajstić information content (AvgIpc) is 2.65. The van der Waals surface area contributed by atoms with E-state index in [-0.39, 0.29) is 5.41 Å². The lowest BCUT2D eigenvalue weighted by atomic mass is 9.49. The summed E-state index contributed by atoms with van der Waals surface area (Å²) < 4.78 is 0. The molecule has 1 spiro atoms. The Morgan fingerprint density at radius 3 is 2.88 bits per heavy atom. The molecule has 2 fully saturated rings. The number of carboxylic acids is 1. The molecule has 2 saturated carbocycles. The van der Waals surface area contributed by atoms with Gasteiger partial charge in [0.25, 0.3) is 0 Å². The highest BCUT2D eigenvalue weighted by Crippen LogP contribution is 2.67. The summed E-state index contributed by atoms with van der Waals surface area (Å²) >= 11 is 0. The highest BCUT2D eigenvalue weighted by molar-refractivity contribution is 5.87. The minimum absolute atomic E-state index is 0.144. The Bertz CT molecular complexity index is 398. The first-order chi connectivity index (χ1) is 7.98. The summed E-state index contributed by atoms with van der Waals surface area (Å²) in [7, 11) is 0. The van der Waals surface area contributed by atoms with Crippen molar-refractivity contribution in [3.63, 3.8) is 0 Å². The van der Waals surface area contributed by atoms with Crippen LogP contribution in [-0.2, 0) is 4.79 Å². The predicted molar refractivity (Wildman–Crippen MR) is 66.6 cm³/mol. The number of hydrogen-bond acceptors (Lipinski definition) is 1. The van der Waals surface area contributed by atoms with Gasteiger partial charge in [-0.3, -0.25) is 0 Å². The van der Waals surface area contributed by atoms with E-state index in [1.54, 1.807) is 0 Å². The van der Waals surface area contributed by atoms with Crippen LogP contribution >= 0.6 is 0 Å². The first-order valence-corrected chi connectivity index (χ1v) is 6.95. The molecule has 0 aromatic carbocycles. The third kappa shape index (κ3) is 1.30. The molecule has 2 heteroatoms. The fraction of sp³-hybridized carbons (Fsp3) is 0.800. The highest BCUT2D eigenvalue weighted by atomic mass is 16.4. The van der Waals surface area contributed by atoms with Gasteiger partial charge in [0.2, 0.25) is 0 Å². The van der Waals surface area contributed by atoms with E-state index in [0.717, 1.165) is 24.3 Å². The van der Waals surface area contributed by atoms with Crippen molar-refractivity contribution in [2.75, 3.05) is 0 Å². The summed E-state index contributed by atoms with van der Waals surface area (Å²) in [6, 6.07) is 0. The van der Waals surface area contributed by atoms with Crippen molar-refractivity contribution in [2.45, 2.75) is 52.4 Å². The molecule has 0 heterocycles. The summed E-state index contributed by atoms with van der Waals surface area (Å²) in [6.45, 7) is 4.70. The zero-order valence-corrected chi connectivity index (χ0v) is 10.8. The third-order valence-electron chi connectivity index (χ3n) is 6.12. The number of hydrogen-bond donors (Lipinski definition) is 1. The van der Waals surface area contributed by atoms with E-state index < -0.39 is 5.97 Å². The summed E-state index contributed by atoms with van der Waals surface area (Å²) in [4.78, 5) is 11.4. The fourth-order valence-electron chi connectivity index (χ4n) is 5.08. The van der Waals surface area contributed by atoms with E-state index in [9.17, 15) is 9.90 Å². The number of aliphatic carboxylic acids is 1. The first-order valence-electron chi connectivity index (χ1n) is 6.95. The zero-order valence-electron chi connectivity index (χ0n) is 10.8. The van der Waals surface area contributed by atoms with Crippen LogP contribution in [-0.4, -0.2) is 11.1 Å². The summed E-state index contributed by atoms with van der Waals surface area (Å²) in [5.74, 6) is 0.420. The van der Waals surface area contributed by atoms with E-state index in [1.165, 1.54) is 25.7 Å². The molecule has 0 saturated heterocycles. The zero-order chi connectivity index (χ0) is 12.3. The quantitative estimate of drug-likeness (QED) is 0.752. The Kier molecular flexibility index (Phi) is 2.24. The van der Waals surface area contributed by atoms with E-state index >= 15 is 0 Å². The van der Waals surface area contributed by atoms with Crippen LogP contribution in [0.15, 0.2) is 11.6 Å². The number of fused-ring (bicyclic) bond motifs is 1. The van der Waals surface area contributed by atoms with Gasteiger partial charge in [0.05, 0.1) is 0 Å².